The van der Waals surface area contributed by atoms with Crippen LogP contribution in [0.1, 0.15) is 15.9 Å². The van der Waals surface area contributed by atoms with Gasteiger partial charge >= 0.3 is 0 Å². The minimum atomic E-state index is -0.138. The Labute approximate surface area is 173 Å². The number of nitrogens with one attached hydrogen (secondary N) is 1. The molecule has 0 fully saturated rings. The van der Waals surface area contributed by atoms with Crippen LogP contribution in [0.3, 0.4) is 0 Å². The largest absolute Gasteiger partial charge is 0.436 e. The molecule has 30 heavy (non-hydrogen) atoms. The molecular weight excluding hydrogens is 376 g/mol. The summed E-state index contributed by atoms with van der Waals surface area (Å²) in [6.45, 7) is 2.02. The molecule has 4 aromatic carbocycles. The molecule has 0 unspecified atom stereocenters. The Balaban J connectivity index is 0.00000218. The summed E-state index contributed by atoms with van der Waals surface area (Å²) in [7, 11) is 0. The third kappa shape index (κ3) is 3.66. The highest BCUT2D eigenvalue weighted by Gasteiger charge is 2.10. The topological polar surface area (TPSA) is 86.6 Å². The van der Waals surface area contributed by atoms with E-state index in [1.807, 2.05) is 91.9 Å². The molecule has 148 valence electrons. The Morgan fingerprint density at radius 2 is 1.63 bits per heavy atom. The van der Waals surface area contributed by atoms with E-state index in [4.69, 9.17) is 4.42 Å². The highest BCUT2D eigenvalue weighted by Crippen LogP contribution is 2.26. The van der Waals surface area contributed by atoms with Gasteiger partial charge in [-0.05, 0) is 71.8 Å². The van der Waals surface area contributed by atoms with E-state index >= 15 is 0 Å². The third-order valence-corrected chi connectivity index (χ3v) is 4.95. The van der Waals surface area contributed by atoms with Gasteiger partial charge in [0.2, 0.25) is 5.89 Å². The number of hydrogen-bond donors (Lipinski definition) is 1. The minimum absolute atomic E-state index is 0. The molecule has 1 heterocycles. The number of amides is 1. The van der Waals surface area contributed by atoms with Gasteiger partial charge in [0.15, 0.2) is 5.58 Å². The predicted octanol–water partition coefficient (Wildman–Crippen LogP) is 5.38. The van der Waals surface area contributed by atoms with Crippen molar-refractivity contribution in [2.24, 2.45) is 0 Å². The Hall–Kier alpha value is -3.96. The number of oxazole rings is 1. The van der Waals surface area contributed by atoms with Crippen molar-refractivity contribution in [2.45, 2.75) is 6.92 Å². The van der Waals surface area contributed by atoms with E-state index in [1.165, 1.54) is 0 Å². The summed E-state index contributed by atoms with van der Waals surface area (Å²) in [5, 5.41) is 5.10. The maximum Gasteiger partial charge on any atom is 0.255 e. The molecule has 5 heteroatoms. The SMILES string of the molecule is Cc1ccc2nc(-c3ccc(NC(=O)c4ccc5ccccc5c4)cc3)oc2c1.O. The molecule has 5 aromatic rings. The molecule has 0 spiro atoms. The van der Waals surface area contributed by atoms with Gasteiger partial charge in [0.25, 0.3) is 5.91 Å². The average molecular weight is 396 g/mol. The van der Waals surface area contributed by atoms with E-state index in [0.29, 0.717) is 11.5 Å². The van der Waals surface area contributed by atoms with Gasteiger partial charge in [-0.15, -0.1) is 0 Å². The second kappa shape index (κ2) is 7.81. The highest BCUT2D eigenvalue weighted by molar-refractivity contribution is 6.06. The molecule has 0 aliphatic rings. The number of aryl methyl sites for hydroxylation is 1. The van der Waals surface area contributed by atoms with Crippen LogP contribution < -0.4 is 5.32 Å². The summed E-state index contributed by atoms with van der Waals surface area (Å²) in [5.74, 6) is 0.429. The Morgan fingerprint density at radius 1 is 0.867 bits per heavy atom. The second-order valence-electron chi connectivity index (χ2n) is 7.08. The van der Waals surface area contributed by atoms with Crippen molar-refractivity contribution < 1.29 is 14.7 Å². The number of carbonyl (C=O) groups is 1. The number of carbonyl (C=O) groups excluding carboxylic acids is 1. The van der Waals surface area contributed by atoms with Crippen molar-refractivity contribution in [3.8, 4) is 11.5 Å². The first kappa shape index (κ1) is 19.4. The van der Waals surface area contributed by atoms with Crippen LogP contribution in [-0.4, -0.2) is 16.4 Å². The lowest BCUT2D eigenvalue weighted by Crippen LogP contribution is -2.11. The highest BCUT2D eigenvalue weighted by atomic mass is 16.3. The lowest BCUT2D eigenvalue weighted by molar-refractivity contribution is 0.102. The van der Waals surface area contributed by atoms with E-state index in [1.54, 1.807) is 0 Å². The van der Waals surface area contributed by atoms with Gasteiger partial charge in [0, 0.05) is 16.8 Å². The summed E-state index contributed by atoms with van der Waals surface area (Å²) in [5.41, 5.74) is 4.95. The minimum Gasteiger partial charge on any atom is -0.436 e. The molecular formula is C25H20N2O3. The average Bonchev–Trinajstić information content (AvgIpc) is 3.17. The molecule has 3 N–H and O–H groups in total. The van der Waals surface area contributed by atoms with Crippen molar-refractivity contribution in [1.82, 2.24) is 4.98 Å². The van der Waals surface area contributed by atoms with Crippen LogP contribution >= 0.6 is 0 Å². The monoisotopic (exact) mass is 396 g/mol. The molecule has 5 nitrogen and oxygen atoms in total. The maximum atomic E-state index is 12.6. The zero-order valence-corrected chi connectivity index (χ0v) is 16.3. The van der Waals surface area contributed by atoms with Crippen molar-refractivity contribution in [2.75, 3.05) is 5.32 Å². The van der Waals surface area contributed by atoms with E-state index in [-0.39, 0.29) is 11.4 Å². The molecule has 0 atom stereocenters. The molecule has 0 radical (unpaired) electrons. The lowest BCUT2D eigenvalue weighted by Gasteiger charge is -2.07. The maximum absolute atomic E-state index is 12.6. The van der Waals surface area contributed by atoms with E-state index in [2.05, 4.69) is 10.3 Å². The van der Waals surface area contributed by atoms with Crippen LogP contribution in [0.4, 0.5) is 5.69 Å². The van der Waals surface area contributed by atoms with E-state index < -0.39 is 0 Å². The van der Waals surface area contributed by atoms with Crippen molar-refractivity contribution in [3.63, 3.8) is 0 Å². The van der Waals surface area contributed by atoms with Gasteiger partial charge in [-0.25, -0.2) is 4.98 Å². The van der Waals surface area contributed by atoms with Crippen LogP contribution in [0, 0.1) is 6.92 Å². The van der Waals surface area contributed by atoms with Crippen molar-refractivity contribution >= 4 is 33.5 Å². The van der Waals surface area contributed by atoms with E-state index in [0.717, 1.165) is 38.7 Å². The van der Waals surface area contributed by atoms with Crippen molar-refractivity contribution in [3.05, 3.63) is 96.1 Å². The molecule has 0 aliphatic carbocycles. The standard InChI is InChI=1S/C25H18N2O2.H2O/c1-16-6-13-22-23(14-16)29-25(27-22)18-9-11-21(12-10-18)26-24(28)20-8-7-17-4-2-3-5-19(17)15-20;/h2-15H,1H3,(H,26,28);1H2. The first-order chi connectivity index (χ1) is 14.2. The molecule has 0 saturated heterocycles. The quantitative estimate of drug-likeness (QED) is 0.444. The summed E-state index contributed by atoms with van der Waals surface area (Å²) in [6.07, 6.45) is 0. The fraction of sp³-hybridized carbons (Fsp3) is 0.0400. The number of hydrogen-bond acceptors (Lipinski definition) is 3. The zero-order valence-electron chi connectivity index (χ0n) is 16.3. The molecule has 1 amide bonds. The van der Waals surface area contributed by atoms with Gasteiger partial charge in [0.1, 0.15) is 5.52 Å². The molecule has 0 aliphatic heterocycles. The predicted molar refractivity (Wildman–Crippen MR) is 120 cm³/mol. The van der Waals surface area contributed by atoms with Gasteiger partial charge in [-0.2, -0.15) is 0 Å². The smallest absolute Gasteiger partial charge is 0.255 e. The van der Waals surface area contributed by atoms with Crippen molar-refractivity contribution in [1.29, 1.82) is 0 Å². The van der Waals surface area contributed by atoms with E-state index in [9.17, 15) is 4.79 Å². The normalized spacial score (nSPS) is 10.7. The third-order valence-electron chi connectivity index (χ3n) is 4.95. The fourth-order valence-corrected chi connectivity index (χ4v) is 3.39. The fourth-order valence-electron chi connectivity index (χ4n) is 3.39. The Morgan fingerprint density at radius 3 is 2.43 bits per heavy atom. The van der Waals surface area contributed by atoms with Gasteiger partial charge < -0.3 is 15.2 Å². The summed E-state index contributed by atoms with van der Waals surface area (Å²) in [6, 6.07) is 27.1. The first-order valence-corrected chi connectivity index (χ1v) is 9.43. The Bertz CT molecular complexity index is 1350. The number of benzene rings is 4. The second-order valence-corrected chi connectivity index (χ2v) is 7.08. The van der Waals surface area contributed by atoms with Crippen LogP contribution in [0.15, 0.2) is 89.3 Å². The summed E-state index contributed by atoms with van der Waals surface area (Å²) >= 11 is 0. The van der Waals surface area contributed by atoms with Crippen LogP contribution in [0.25, 0.3) is 33.3 Å². The van der Waals surface area contributed by atoms with Crippen LogP contribution in [-0.2, 0) is 0 Å². The van der Waals surface area contributed by atoms with Gasteiger partial charge in [-0.3, -0.25) is 4.79 Å². The molecule has 0 bridgehead atoms. The van der Waals surface area contributed by atoms with Crippen LogP contribution in [0.2, 0.25) is 0 Å². The summed E-state index contributed by atoms with van der Waals surface area (Å²) in [4.78, 5) is 17.2. The molecule has 1 aromatic heterocycles. The first-order valence-electron chi connectivity index (χ1n) is 9.43. The summed E-state index contributed by atoms with van der Waals surface area (Å²) < 4.78 is 5.87. The Kier molecular flexibility index (Phi) is 5.04. The van der Waals surface area contributed by atoms with Gasteiger partial charge in [0.05, 0.1) is 0 Å². The zero-order chi connectivity index (χ0) is 19.8. The van der Waals surface area contributed by atoms with Crippen LogP contribution in [0.5, 0.6) is 0 Å². The lowest BCUT2D eigenvalue weighted by atomic mass is 10.1. The van der Waals surface area contributed by atoms with Gasteiger partial charge in [-0.1, -0.05) is 36.4 Å². The molecule has 0 saturated carbocycles. The molecule has 5 rings (SSSR count). The number of aromatic nitrogens is 1. The number of anilines is 1. The number of rotatable bonds is 3. The number of fused-ring (bicyclic) bond motifs is 2. The number of nitrogens with zero attached hydrogens (tertiary/aromatic N) is 1.